The Morgan fingerprint density at radius 3 is 2.30 bits per heavy atom. The molecular formula is C18H16N2O3. The van der Waals surface area contributed by atoms with Crippen molar-refractivity contribution in [2.24, 2.45) is 0 Å². The number of amides is 3. The van der Waals surface area contributed by atoms with Crippen molar-refractivity contribution in [3.63, 3.8) is 0 Å². The van der Waals surface area contributed by atoms with Crippen molar-refractivity contribution >= 4 is 23.4 Å². The van der Waals surface area contributed by atoms with E-state index in [1.165, 1.54) is 12.1 Å². The molecule has 0 bridgehead atoms. The average Bonchev–Trinajstić information content (AvgIpc) is 2.80. The van der Waals surface area contributed by atoms with Gasteiger partial charge in [-0.05, 0) is 44.2 Å². The fourth-order valence-corrected chi connectivity index (χ4v) is 2.57. The molecule has 116 valence electrons. The summed E-state index contributed by atoms with van der Waals surface area (Å²) in [6, 6.07) is 11.7. The van der Waals surface area contributed by atoms with Crippen LogP contribution in [0.25, 0.3) is 0 Å². The second kappa shape index (κ2) is 5.68. The third-order valence-electron chi connectivity index (χ3n) is 3.78. The van der Waals surface area contributed by atoms with Crippen LogP contribution in [0.15, 0.2) is 42.5 Å². The van der Waals surface area contributed by atoms with Crippen LogP contribution in [0.1, 0.15) is 43.6 Å². The Morgan fingerprint density at radius 1 is 1.00 bits per heavy atom. The topological polar surface area (TPSA) is 66.5 Å². The number of aryl methyl sites for hydroxylation is 1. The number of carbonyl (C=O) groups is 3. The molecule has 0 unspecified atom stereocenters. The molecule has 2 aromatic carbocycles. The fraction of sp³-hybridized carbons (Fsp3) is 0.167. The molecule has 1 aliphatic rings. The van der Waals surface area contributed by atoms with Crippen molar-refractivity contribution in [2.75, 3.05) is 11.4 Å². The first-order chi connectivity index (χ1) is 11.0. The second-order valence-electron chi connectivity index (χ2n) is 5.40. The number of hydrogen-bond acceptors (Lipinski definition) is 3. The highest BCUT2D eigenvalue weighted by molar-refractivity contribution is 6.34. The average molecular weight is 308 g/mol. The Labute approximate surface area is 133 Å². The summed E-state index contributed by atoms with van der Waals surface area (Å²) < 4.78 is 0. The van der Waals surface area contributed by atoms with Crippen LogP contribution in [0.3, 0.4) is 0 Å². The predicted octanol–water partition coefficient (Wildman–Crippen LogP) is 2.55. The lowest BCUT2D eigenvalue weighted by molar-refractivity contribution is 0.0923. The number of fused-ring (bicyclic) bond motifs is 1. The van der Waals surface area contributed by atoms with Crippen molar-refractivity contribution in [3.05, 3.63) is 64.7 Å². The Hall–Kier alpha value is -2.95. The maximum atomic E-state index is 12.6. The number of anilines is 1. The molecule has 0 radical (unpaired) electrons. The zero-order valence-electron chi connectivity index (χ0n) is 12.9. The summed E-state index contributed by atoms with van der Waals surface area (Å²) in [5, 5.41) is 2.68. The van der Waals surface area contributed by atoms with Crippen LogP contribution in [-0.4, -0.2) is 24.3 Å². The molecule has 3 amide bonds. The third-order valence-corrected chi connectivity index (χ3v) is 3.78. The van der Waals surface area contributed by atoms with E-state index in [2.05, 4.69) is 5.32 Å². The maximum Gasteiger partial charge on any atom is 0.266 e. The van der Waals surface area contributed by atoms with E-state index in [9.17, 15) is 14.4 Å². The zero-order chi connectivity index (χ0) is 16.6. The SMILES string of the molecule is CCNC(=O)c1ccc2c(c1)C(=O)N(c1ccc(C)cc1)C2=O. The largest absolute Gasteiger partial charge is 0.352 e. The van der Waals surface area contributed by atoms with E-state index >= 15 is 0 Å². The first-order valence-corrected chi connectivity index (χ1v) is 7.40. The number of nitrogens with one attached hydrogen (secondary N) is 1. The quantitative estimate of drug-likeness (QED) is 0.886. The Kier molecular flexibility index (Phi) is 3.70. The lowest BCUT2D eigenvalue weighted by atomic mass is 10.1. The van der Waals surface area contributed by atoms with Crippen LogP contribution in [0.2, 0.25) is 0 Å². The van der Waals surface area contributed by atoms with Gasteiger partial charge in [-0.3, -0.25) is 14.4 Å². The number of nitrogens with zero attached hydrogens (tertiary/aromatic N) is 1. The van der Waals surface area contributed by atoms with Gasteiger partial charge in [0.15, 0.2) is 0 Å². The van der Waals surface area contributed by atoms with Crippen LogP contribution in [0, 0.1) is 6.92 Å². The summed E-state index contributed by atoms with van der Waals surface area (Å²) >= 11 is 0. The molecule has 0 saturated heterocycles. The standard InChI is InChI=1S/C18H16N2O3/c1-3-19-16(21)12-6-9-14-15(10-12)18(23)20(17(14)22)13-7-4-11(2)5-8-13/h4-10H,3H2,1-2H3,(H,19,21). The van der Waals surface area contributed by atoms with Crippen molar-refractivity contribution in [1.29, 1.82) is 0 Å². The molecule has 0 aromatic heterocycles. The summed E-state index contributed by atoms with van der Waals surface area (Å²) in [7, 11) is 0. The fourth-order valence-electron chi connectivity index (χ4n) is 2.57. The van der Waals surface area contributed by atoms with Crippen LogP contribution in [0.4, 0.5) is 5.69 Å². The normalized spacial score (nSPS) is 13.2. The lowest BCUT2D eigenvalue weighted by Gasteiger charge is -2.13. The second-order valence-corrected chi connectivity index (χ2v) is 5.40. The predicted molar refractivity (Wildman–Crippen MR) is 86.8 cm³/mol. The molecule has 2 aromatic rings. The maximum absolute atomic E-state index is 12.6. The lowest BCUT2D eigenvalue weighted by Crippen LogP contribution is -2.29. The molecule has 1 heterocycles. The highest BCUT2D eigenvalue weighted by Crippen LogP contribution is 2.29. The van der Waals surface area contributed by atoms with Crippen molar-refractivity contribution in [3.8, 4) is 0 Å². The van der Waals surface area contributed by atoms with Crippen molar-refractivity contribution in [2.45, 2.75) is 13.8 Å². The number of hydrogen-bond donors (Lipinski definition) is 1. The van der Waals surface area contributed by atoms with Gasteiger partial charge in [-0.2, -0.15) is 0 Å². The molecule has 5 heteroatoms. The van der Waals surface area contributed by atoms with E-state index in [-0.39, 0.29) is 17.4 Å². The molecule has 3 rings (SSSR count). The van der Waals surface area contributed by atoms with Gasteiger partial charge in [0.1, 0.15) is 0 Å². The smallest absolute Gasteiger partial charge is 0.266 e. The molecule has 0 saturated carbocycles. The third kappa shape index (κ3) is 2.50. The van der Waals surface area contributed by atoms with Crippen molar-refractivity contribution < 1.29 is 14.4 Å². The van der Waals surface area contributed by atoms with E-state index in [0.29, 0.717) is 23.4 Å². The zero-order valence-corrected chi connectivity index (χ0v) is 12.9. The Balaban J connectivity index is 2.00. The monoisotopic (exact) mass is 308 g/mol. The van der Waals surface area contributed by atoms with E-state index in [1.807, 2.05) is 26.0 Å². The van der Waals surface area contributed by atoms with Crippen LogP contribution < -0.4 is 10.2 Å². The van der Waals surface area contributed by atoms with Gasteiger partial charge in [-0.25, -0.2) is 4.90 Å². The van der Waals surface area contributed by atoms with Crippen LogP contribution in [0.5, 0.6) is 0 Å². The Morgan fingerprint density at radius 2 is 1.65 bits per heavy atom. The molecule has 5 nitrogen and oxygen atoms in total. The van der Waals surface area contributed by atoms with Gasteiger partial charge in [-0.15, -0.1) is 0 Å². The first-order valence-electron chi connectivity index (χ1n) is 7.40. The highest BCUT2D eigenvalue weighted by atomic mass is 16.2. The summed E-state index contributed by atoms with van der Waals surface area (Å²) in [4.78, 5) is 38.1. The molecular weight excluding hydrogens is 292 g/mol. The van der Waals surface area contributed by atoms with E-state index in [0.717, 1.165) is 10.5 Å². The summed E-state index contributed by atoms with van der Waals surface area (Å²) in [6.07, 6.45) is 0. The minimum atomic E-state index is -0.403. The minimum Gasteiger partial charge on any atom is -0.352 e. The number of carbonyl (C=O) groups excluding carboxylic acids is 3. The molecule has 0 spiro atoms. The molecule has 0 aliphatic carbocycles. The number of rotatable bonds is 3. The van der Waals surface area contributed by atoms with E-state index in [4.69, 9.17) is 0 Å². The van der Waals surface area contributed by atoms with Crippen molar-refractivity contribution in [1.82, 2.24) is 5.32 Å². The van der Waals surface area contributed by atoms with E-state index in [1.54, 1.807) is 18.2 Å². The first kappa shape index (κ1) is 15.0. The Bertz CT molecular complexity index is 810. The van der Waals surface area contributed by atoms with Crippen LogP contribution >= 0.6 is 0 Å². The van der Waals surface area contributed by atoms with Gasteiger partial charge in [-0.1, -0.05) is 17.7 Å². The molecule has 1 N–H and O–H groups in total. The van der Waals surface area contributed by atoms with Gasteiger partial charge < -0.3 is 5.32 Å². The van der Waals surface area contributed by atoms with Gasteiger partial charge >= 0.3 is 0 Å². The van der Waals surface area contributed by atoms with Gasteiger partial charge in [0.2, 0.25) is 0 Å². The van der Waals surface area contributed by atoms with Crippen LogP contribution in [-0.2, 0) is 0 Å². The molecule has 1 aliphatic heterocycles. The highest BCUT2D eigenvalue weighted by Gasteiger charge is 2.37. The number of imide groups is 1. The summed E-state index contributed by atoms with van der Waals surface area (Å²) in [5.41, 5.74) is 2.53. The van der Waals surface area contributed by atoms with Gasteiger partial charge in [0.25, 0.3) is 17.7 Å². The number of benzene rings is 2. The minimum absolute atomic E-state index is 0.260. The molecule has 0 atom stereocenters. The molecule has 0 fully saturated rings. The summed E-state index contributed by atoms with van der Waals surface area (Å²) in [6.45, 7) is 4.25. The summed E-state index contributed by atoms with van der Waals surface area (Å²) in [5.74, 6) is -1.03. The van der Waals surface area contributed by atoms with Gasteiger partial charge in [0, 0.05) is 12.1 Å². The molecule has 23 heavy (non-hydrogen) atoms. The van der Waals surface area contributed by atoms with E-state index < -0.39 is 5.91 Å². The van der Waals surface area contributed by atoms with Gasteiger partial charge in [0.05, 0.1) is 16.8 Å².